The topological polar surface area (TPSA) is 46.9 Å². The van der Waals surface area contributed by atoms with E-state index in [1.165, 1.54) is 4.68 Å². The second-order valence-electron chi connectivity index (χ2n) is 5.26. The number of benzene rings is 2. The lowest BCUT2D eigenvalue weighted by Crippen LogP contribution is -2.16. The molecule has 0 spiro atoms. The number of carbonyl (C=O) groups is 1. The Balaban J connectivity index is 1.96. The highest BCUT2D eigenvalue weighted by Gasteiger charge is 2.17. The number of hydrogen-bond donors (Lipinski definition) is 1. The largest absolute Gasteiger partial charge is 0.306 e. The van der Waals surface area contributed by atoms with E-state index in [1.807, 2.05) is 0 Å². The monoisotopic (exact) mass is 381 g/mol. The van der Waals surface area contributed by atoms with Crippen molar-refractivity contribution in [3.63, 3.8) is 0 Å². The zero-order chi connectivity index (χ0) is 18.1. The van der Waals surface area contributed by atoms with Crippen LogP contribution in [0.4, 0.5) is 14.6 Å². The molecule has 8 heteroatoms. The number of hydrogen-bond acceptors (Lipinski definition) is 2. The fourth-order valence-electron chi connectivity index (χ4n) is 2.27. The van der Waals surface area contributed by atoms with Gasteiger partial charge in [0.15, 0.2) is 11.6 Å². The Morgan fingerprint density at radius 1 is 1.12 bits per heavy atom. The lowest BCUT2D eigenvalue weighted by atomic mass is 10.2. The van der Waals surface area contributed by atoms with Crippen LogP contribution in [0.3, 0.4) is 0 Å². The van der Waals surface area contributed by atoms with Crippen molar-refractivity contribution in [3.05, 3.63) is 75.4 Å². The molecule has 0 aliphatic carbocycles. The Labute approximate surface area is 152 Å². The van der Waals surface area contributed by atoms with Crippen molar-refractivity contribution in [2.45, 2.75) is 6.92 Å². The lowest BCUT2D eigenvalue weighted by molar-refractivity contribution is 0.102. The quantitative estimate of drug-likeness (QED) is 0.647. The molecule has 0 radical (unpaired) electrons. The van der Waals surface area contributed by atoms with Gasteiger partial charge in [-0.25, -0.2) is 13.5 Å². The summed E-state index contributed by atoms with van der Waals surface area (Å²) in [5, 5.41) is 7.21. The van der Waals surface area contributed by atoms with Gasteiger partial charge in [-0.1, -0.05) is 29.3 Å². The van der Waals surface area contributed by atoms with Gasteiger partial charge in [-0.3, -0.25) is 4.79 Å². The minimum atomic E-state index is -1.16. The normalized spacial score (nSPS) is 10.8. The second-order valence-corrected chi connectivity index (χ2v) is 6.11. The van der Waals surface area contributed by atoms with Crippen LogP contribution in [-0.2, 0) is 0 Å². The minimum absolute atomic E-state index is 0.183. The average molecular weight is 382 g/mol. The Morgan fingerprint density at radius 2 is 1.84 bits per heavy atom. The molecule has 1 amide bonds. The van der Waals surface area contributed by atoms with Gasteiger partial charge in [0, 0.05) is 11.1 Å². The molecule has 0 atom stereocenters. The second kappa shape index (κ2) is 6.82. The standard InChI is InChI=1S/C17H11Cl2F2N3O/c1-9-5-16(24(23-9)11-4-2-3-10(18)6-11)22-17(25)12-7-14(20)15(21)8-13(12)19/h2-8H,1H3,(H,22,25). The molecule has 0 saturated heterocycles. The van der Waals surface area contributed by atoms with E-state index in [9.17, 15) is 13.6 Å². The molecule has 4 nitrogen and oxygen atoms in total. The Kier molecular flexibility index (Phi) is 4.74. The first-order valence-electron chi connectivity index (χ1n) is 7.13. The number of nitrogens with zero attached hydrogens (tertiary/aromatic N) is 2. The van der Waals surface area contributed by atoms with Crippen LogP contribution in [0.25, 0.3) is 5.69 Å². The third-order valence-electron chi connectivity index (χ3n) is 3.38. The van der Waals surface area contributed by atoms with Gasteiger partial charge in [0.1, 0.15) is 5.82 Å². The number of aryl methyl sites for hydroxylation is 1. The number of aromatic nitrogens is 2. The van der Waals surface area contributed by atoms with E-state index in [1.54, 1.807) is 37.3 Å². The molecule has 3 aromatic rings. The molecular weight excluding hydrogens is 371 g/mol. The van der Waals surface area contributed by atoms with Gasteiger partial charge >= 0.3 is 0 Å². The van der Waals surface area contributed by atoms with Crippen molar-refractivity contribution in [2.75, 3.05) is 5.32 Å². The van der Waals surface area contributed by atoms with Gasteiger partial charge in [0.25, 0.3) is 5.91 Å². The number of amides is 1. The average Bonchev–Trinajstić information content (AvgIpc) is 2.91. The summed E-state index contributed by atoms with van der Waals surface area (Å²) in [7, 11) is 0. The first-order chi connectivity index (χ1) is 11.8. The molecule has 1 N–H and O–H groups in total. The smallest absolute Gasteiger partial charge is 0.258 e. The lowest BCUT2D eigenvalue weighted by Gasteiger charge is -2.10. The highest BCUT2D eigenvalue weighted by Crippen LogP contribution is 2.24. The van der Waals surface area contributed by atoms with E-state index in [0.717, 1.165) is 12.1 Å². The molecule has 0 bridgehead atoms. The summed E-state index contributed by atoms with van der Waals surface area (Å²) in [4.78, 5) is 12.4. The van der Waals surface area contributed by atoms with E-state index in [2.05, 4.69) is 10.4 Å². The fraction of sp³-hybridized carbons (Fsp3) is 0.0588. The van der Waals surface area contributed by atoms with Crippen molar-refractivity contribution in [3.8, 4) is 5.69 Å². The van der Waals surface area contributed by atoms with Crippen LogP contribution in [0.2, 0.25) is 10.0 Å². The predicted molar refractivity (Wildman–Crippen MR) is 92.6 cm³/mol. The number of nitrogens with one attached hydrogen (secondary N) is 1. The third kappa shape index (κ3) is 3.65. The summed E-state index contributed by atoms with van der Waals surface area (Å²) in [6, 6.07) is 10.0. The number of rotatable bonds is 3. The van der Waals surface area contributed by atoms with Crippen LogP contribution in [0.15, 0.2) is 42.5 Å². The summed E-state index contributed by atoms with van der Waals surface area (Å²) in [5.74, 6) is -2.63. The van der Waals surface area contributed by atoms with Crippen molar-refractivity contribution in [1.29, 1.82) is 0 Å². The van der Waals surface area contributed by atoms with Crippen LogP contribution < -0.4 is 5.32 Å². The summed E-state index contributed by atoms with van der Waals surface area (Å²) >= 11 is 11.8. The zero-order valence-electron chi connectivity index (χ0n) is 12.9. The van der Waals surface area contributed by atoms with Crippen LogP contribution in [0.1, 0.15) is 16.1 Å². The van der Waals surface area contributed by atoms with Crippen molar-refractivity contribution in [2.24, 2.45) is 0 Å². The zero-order valence-corrected chi connectivity index (χ0v) is 14.4. The van der Waals surface area contributed by atoms with Gasteiger partial charge in [-0.15, -0.1) is 0 Å². The predicted octanol–water partition coefficient (Wildman–Crippen LogP) is 5.02. The van der Waals surface area contributed by atoms with Crippen molar-refractivity contribution >= 4 is 34.9 Å². The van der Waals surface area contributed by atoms with Crippen LogP contribution in [0.5, 0.6) is 0 Å². The number of carbonyl (C=O) groups excluding carboxylic acids is 1. The third-order valence-corrected chi connectivity index (χ3v) is 3.93. The number of halogens is 4. The van der Waals surface area contributed by atoms with E-state index in [0.29, 0.717) is 22.2 Å². The first kappa shape index (κ1) is 17.4. The fourth-order valence-corrected chi connectivity index (χ4v) is 2.69. The minimum Gasteiger partial charge on any atom is -0.306 e. The maximum absolute atomic E-state index is 13.4. The molecule has 25 heavy (non-hydrogen) atoms. The maximum Gasteiger partial charge on any atom is 0.258 e. The molecule has 0 aliphatic heterocycles. The van der Waals surface area contributed by atoms with Crippen LogP contribution >= 0.6 is 23.2 Å². The molecule has 1 aromatic heterocycles. The van der Waals surface area contributed by atoms with E-state index >= 15 is 0 Å². The van der Waals surface area contributed by atoms with E-state index in [-0.39, 0.29) is 10.6 Å². The van der Waals surface area contributed by atoms with Gasteiger partial charge in [-0.2, -0.15) is 5.10 Å². The summed E-state index contributed by atoms with van der Waals surface area (Å²) in [6.07, 6.45) is 0. The first-order valence-corrected chi connectivity index (χ1v) is 7.89. The Bertz CT molecular complexity index is 973. The molecule has 0 fully saturated rings. The Morgan fingerprint density at radius 3 is 2.56 bits per heavy atom. The van der Waals surface area contributed by atoms with Gasteiger partial charge in [-0.05, 0) is 37.3 Å². The van der Waals surface area contributed by atoms with Gasteiger partial charge in [0.05, 0.1) is 22.0 Å². The molecule has 0 unspecified atom stereocenters. The molecule has 0 saturated carbocycles. The molecule has 3 rings (SSSR count). The van der Waals surface area contributed by atoms with Crippen molar-refractivity contribution < 1.29 is 13.6 Å². The summed E-state index contributed by atoms with van der Waals surface area (Å²) in [5.41, 5.74) is 1.09. The van der Waals surface area contributed by atoms with Gasteiger partial charge in [0.2, 0.25) is 0 Å². The Hall–Kier alpha value is -2.44. The molecule has 1 heterocycles. The van der Waals surface area contributed by atoms with E-state index < -0.39 is 17.5 Å². The SMILES string of the molecule is Cc1cc(NC(=O)c2cc(F)c(F)cc2Cl)n(-c2cccc(Cl)c2)n1. The maximum atomic E-state index is 13.4. The molecule has 2 aromatic carbocycles. The highest BCUT2D eigenvalue weighted by atomic mass is 35.5. The summed E-state index contributed by atoms with van der Waals surface area (Å²) in [6.45, 7) is 1.75. The van der Waals surface area contributed by atoms with Crippen LogP contribution in [0, 0.1) is 18.6 Å². The highest BCUT2D eigenvalue weighted by molar-refractivity contribution is 6.34. The number of anilines is 1. The molecule has 128 valence electrons. The van der Waals surface area contributed by atoms with Crippen LogP contribution in [-0.4, -0.2) is 15.7 Å². The van der Waals surface area contributed by atoms with Crippen molar-refractivity contribution in [1.82, 2.24) is 9.78 Å². The molecular formula is C17H11Cl2F2N3O. The van der Waals surface area contributed by atoms with Gasteiger partial charge < -0.3 is 5.32 Å². The molecule has 0 aliphatic rings. The summed E-state index contributed by atoms with van der Waals surface area (Å²) < 4.78 is 28.0. The van der Waals surface area contributed by atoms with E-state index in [4.69, 9.17) is 23.2 Å².